The summed E-state index contributed by atoms with van der Waals surface area (Å²) in [6, 6.07) is 2.27. The Morgan fingerprint density at radius 3 is 2.93 bits per heavy atom. The summed E-state index contributed by atoms with van der Waals surface area (Å²) in [5, 5.41) is 2.19. The third kappa shape index (κ3) is 3.31. The van der Waals surface area contributed by atoms with Crippen molar-refractivity contribution in [3.05, 3.63) is 20.8 Å². The molecule has 1 fully saturated rings. The molecule has 0 saturated heterocycles. The number of halogens is 2. The Kier molecular flexibility index (Phi) is 4.31. The van der Waals surface area contributed by atoms with Crippen LogP contribution in [-0.2, 0) is 6.42 Å². The van der Waals surface area contributed by atoms with E-state index in [0.717, 1.165) is 16.7 Å². The van der Waals surface area contributed by atoms with Crippen molar-refractivity contribution in [2.75, 3.05) is 0 Å². The minimum atomic E-state index is 0.731. The molecule has 84 valence electrons. The second kappa shape index (κ2) is 5.33. The van der Waals surface area contributed by atoms with E-state index >= 15 is 0 Å². The van der Waals surface area contributed by atoms with Crippen LogP contribution in [0.1, 0.15) is 31.1 Å². The van der Waals surface area contributed by atoms with Crippen molar-refractivity contribution in [1.29, 1.82) is 0 Å². The normalized spacial score (nSPS) is 31.8. The van der Waals surface area contributed by atoms with E-state index in [1.807, 2.05) is 11.3 Å². The van der Waals surface area contributed by atoms with E-state index in [-0.39, 0.29) is 0 Å². The lowest BCUT2D eigenvalue weighted by atomic mass is 9.80. The van der Waals surface area contributed by atoms with Crippen molar-refractivity contribution in [2.45, 2.75) is 37.4 Å². The van der Waals surface area contributed by atoms with E-state index in [4.69, 9.17) is 0 Å². The number of thiophene rings is 1. The van der Waals surface area contributed by atoms with E-state index in [2.05, 4.69) is 50.2 Å². The molecule has 1 aromatic heterocycles. The fourth-order valence-electron chi connectivity index (χ4n) is 2.39. The smallest absolute Gasteiger partial charge is 0.0285 e. The Morgan fingerprint density at radius 2 is 2.27 bits per heavy atom. The van der Waals surface area contributed by atoms with Crippen molar-refractivity contribution in [3.63, 3.8) is 0 Å². The summed E-state index contributed by atoms with van der Waals surface area (Å²) >= 11 is 9.24. The van der Waals surface area contributed by atoms with Gasteiger partial charge in [0.2, 0.25) is 0 Å². The van der Waals surface area contributed by atoms with Gasteiger partial charge in [0.25, 0.3) is 0 Å². The number of alkyl halides is 1. The predicted octanol–water partition coefficient (Wildman–Crippen LogP) is 5.25. The molecule has 1 aromatic rings. The molecule has 1 saturated carbocycles. The van der Waals surface area contributed by atoms with Gasteiger partial charge >= 0.3 is 0 Å². The van der Waals surface area contributed by atoms with Gasteiger partial charge < -0.3 is 0 Å². The molecule has 1 heterocycles. The first kappa shape index (κ1) is 12.1. The summed E-state index contributed by atoms with van der Waals surface area (Å²) < 4.78 is 1.23. The molecule has 2 rings (SSSR count). The van der Waals surface area contributed by atoms with Gasteiger partial charge in [0.1, 0.15) is 0 Å². The lowest BCUT2D eigenvalue weighted by molar-refractivity contribution is 0.295. The largest absolute Gasteiger partial charge is 0.148 e. The zero-order chi connectivity index (χ0) is 10.8. The maximum atomic E-state index is 3.84. The van der Waals surface area contributed by atoms with Crippen molar-refractivity contribution in [2.24, 2.45) is 11.8 Å². The molecule has 0 spiro atoms. The molecular formula is C12H16Br2S. The van der Waals surface area contributed by atoms with Crippen LogP contribution in [0.15, 0.2) is 15.9 Å². The van der Waals surface area contributed by atoms with Crippen LogP contribution in [0.3, 0.4) is 0 Å². The molecule has 0 amide bonds. The van der Waals surface area contributed by atoms with Crippen LogP contribution in [0.2, 0.25) is 0 Å². The molecule has 0 N–H and O–H groups in total. The Morgan fingerprint density at radius 1 is 1.47 bits per heavy atom. The molecule has 0 bridgehead atoms. The zero-order valence-corrected chi connectivity index (χ0v) is 12.9. The summed E-state index contributed by atoms with van der Waals surface area (Å²) in [4.78, 5) is 2.25. The lowest BCUT2D eigenvalue weighted by Crippen LogP contribution is -2.25. The minimum Gasteiger partial charge on any atom is -0.148 e. The van der Waals surface area contributed by atoms with Crippen LogP contribution >= 0.6 is 43.2 Å². The lowest BCUT2D eigenvalue weighted by Gasteiger charge is -2.31. The van der Waals surface area contributed by atoms with Crippen LogP contribution in [-0.4, -0.2) is 4.83 Å². The van der Waals surface area contributed by atoms with Gasteiger partial charge in [-0.2, -0.15) is 0 Å². The molecule has 0 nitrogen and oxygen atoms in total. The predicted molar refractivity (Wildman–Crippen MR) is 74.9 cm³/mol. The van der Waals surface area contributed by atoms with E-state index in [1.165, 1.54) is 35.0 Å². The second-order valence-electron chi connectivity index (χ2n) is 4.63. The molecular weight excluding hydrogens is 336 g/mol. The second-order valence-corrected chi connectivity index (χ2v) is 7.72. The molecule has 3 unspecified atom stereocenters. The first-order valence-electron chi connectivity index (χ1n) is 5.52. The summed E-state index contributed by atoms with van der Waals surface area (Å²) in [6.07, 6.45) is 5.36. The van der Waals surface area contributed by atoms with Crippen LogP contribution in [0.5, 0.6) is 0 Å². The van der Waals surface area contributed by atoms with Gasteiger partial charge in [-0.3, -0.25) is 0 Å². The fourth-order valence-corrected chi connectivity index (χ4v) is 4.60. The first-order valence-corrected chi connectivity index (χ1v) is 8.11. The van der Waals surface area contributed by atoms with E-state index in [0.29, 0.717) is 0 Å². The molecule has 1 aliphatic rings. The zero-order valence-electron chi connectivity index (χ0n) is 8.88. The van der Waals surface area contributed by atoms with Crippen LogP contribution in [0, 0.1) is 11.8 Å². The Balaban J connectivity index is 1.98. The van der Waals surface area contributed by atoms with Crippen LogP contribution in [0.25, 0.3) is 0 Å². The van der Waals surface area contributed by atoms with Gasteiger partial charge in [-0.05, 0) is 59.5 Å². The highest BCUT2D eigenvalue weighted by atomic mass is 79.9. The number of hydrogen-bond acceptors (Lipinski definition) is 1. The highest BCUT2D eigenvalue weighted by Crippen LogP contribution is 2.36. The van der Waals surface area contributed by atoms with Crippen molar-refractivity contribution in [1.82, 2.24) is 0 Å². The van der Waals surface area contributed by atoms with Gasteiger partial charge in [-0.1, -0.05) is 22.9 Å². The molecule has 0 aliphatic heterocycles. The molecule has 0 aromatic carbocycles. The van der Waals surface area contributed by atoms with E-state index < -0.39 is 0 Å². The highest BCUT2D eigenvalue weighted by Gasteiger charge is 2.27. The first-order chi connectivity index (χ1) is 7.15. The SMILES string of the molecule is CC1CCC(Br)C(Cc2cc(Br)cs2)C1. The maximum Gasteiger partial charge on any atom is 0.0285 e. The number of rotatable bonds is 2. The summed E-state index contributed by atoms with van der Waals surface area (Å²) in [5.41, 5.74) is 0. The summed E-state index contributed by atoms with van der Waals surface area (Å²) in [6.45, 7) is 2.39. The van der Waals surface area contributed by atoms with Gasteiger partial charge in [0.05, 0.1) is 0 Å². The van der Waals surface area contributed by atoms with E-state index in [9.17, 15) is 0 Å². The molecule has 3 heteroatoms. The van der Waals surface area contributed by atoms with Gasteiger partial charge in [0, 0.05) is 19.6 Å². The monoisotopic (exact) mass is 350 g/mol. The number of hydrogen-bond donors (Lipinski definition) is 0. The Hall–Kier alpha value is 0.660. The quantitative estimate of drug-likeness (QED) is 0.638. The van der Waals surface area contributed by atoms with Gasteiger partial charge in [-0.25, -0.2) is 0 Å². The fraction of sp³-hybridized carbons (Fsp3) is 0.667. The molecule has 0 radical (unpaired) electrons. The topological polar surface area (TPSA) is 0 Å². The van der Waals surface area contributed by atoms with Crippen LogP contribution < -0.4 is 0 Å². The minimum absolute atomic E-state index is 0.731. The maximum absolute atomic E-state index is 3.84. The molecule has 1 aliphatic carbocycles. The molecule has 3 atom stereocenters. The van der Waals surface area contributed by atoms with Crippen molar-refractivity contribution in [3.8, 4) is 0 Å². The third-order valence-electron chi connectivity index (χ3n) is 3.24. The Bertz CT molecular complexity index is 321. The van der Waals surface area contributed by atoms with Gasteiger partial charge in [-0.15, -0.1) is 11.3 Å². The average molecular weight is 352 g/mol. The Labute approximate surface area is 113 Å². The summed E-state index contributed by atoms with van der Waals surface area (Å²) in [5.74, 6) is 1.74. The van der Waals surface area contributed by atoms with Gasteiger partial charge in [0.15, 0.2) is 0 Å². The standard InChI is InChI=1S/C12H16Br2S/c1-8-2-3-12(14)9(4-8)5-11-6-10(13)7-15-11/h6-9,12H,2-5H2,1H3. The van der Waals surface area contributed by atoms with Crippen molar-refractivity contribution >= 4 is 43.2 Å². The van der Waals surface area contributed by atoms with E-state index in [1.54, 1.807) is 0 Å². The van der Waals surface area contributed by atoms with Crippen LogP contribution in [0.4, 0.5) is 0 Å². The average Bonchev–Trinajstić information content (AvgIpc) is 2.58. The van der Waals surface area contributed by atoms with Crippen molar-refractivity contribution < 1.29 is 0 Å². The molecule has 15 heavy (non-hydrogen) atoms. The summed E-state index contributed by atoms with van der Waals surface area (Å²) in [7, 11) is 0. The third-order valence-corrected chi connectivity index (χ3v) is 6.16. The highest BCUT2D eigenvalue weighted by molar-refractivity contribution is 9.10.